The Morgan fingerprint density at radius 1 is 0.810 bits per heavy atom. The molecule has 0 rings (SSSR count). The summed E-state index contributed by atoms with van der Waals surface area (Å²) >= 11 is 8.83. The van der Waals surface area contributed by atoms with Crippen LogP contribution < -0.4 is 0 Å². The zero-order valence-corrected chi connectivity index (χ0v) is 15.6. The fourth-order valence-electron chi connectivity index (χ4n) is 2.60. The van der Waals surface area contributed by atoms with E-state index in [1.165, 1.54) is 57.8 Å². The Bertz CT molecular complexity index is 213. The van der Waals surface area contributed by atoms with Crippen LogP contribution in [0.2, 0.25) is 0 Å². The molecular weight excluding hydrogens is 300 g/mol. The smallest absolute Gasteiger partial charge is 0.0527 e. The Hall–Kier alpha value is 0.620. The van der Waals surface area contributed by atoms with Crippen LogP contribution in [0.5, 0.6) is 0 Å². The molecule has 0 saturated heterocycles. The second-order valence-electron chi connectivity index (χ2n) is 6.32. The third kappa shape index (κ3) is 9.37. The average Bonchev–Trinajstić information content (AvgIpc) is 2.51. The van der Waals surface area contributed by atoms with Gasteiger partial charge in [-0.25, -0.2) is 0 Å². The molecule has 0 amide bonds. The zero-order valence-electron chi connectivity index (χ0n) is 13.8. The van der Waals surface area contributed by atoms with Crippen molar-refractivity contribution >= 4 is 25.3 Å². The predicted octanol–water partition coefficient (Wildman–Crippen LogP) is 4.50. The number of aliphatic hydroxyl groups excluding tert-OH is 2. The van der Waals surface area contributed by atoms with E-state index in [1.807, 2.05) is 0 Å². The molecule has 0 bridgehead atoms. The van der Waals surface area contributed by atoms with Gasteiger partial charge in [0.25, 0.3) is 0 Å². The van der Waals surface area contributed by atoms with Crippen LogP contribution in [-0.2, 0) is 0 Å². The lowest BCUT2D eigenvalue weighted by Gasteiger charge is -2.33. The molecule has 0 heterocycles. The molecule has 0 saturated carbocycles. The standard InChI is InChI=1S/C17H36O2S2/c1-2-3-4-5-6-7-8-9-10-11-12-16(21)17(13-18,14-19)15-20/h16,18-21H,2-15H2,1H3. The maximum Gasteiger partial charge on any atom is 0.0527 e. The molecule has 4 heteroatoms. The number of aliphatic hydroxyl groups is 2. The van der Waals surface area contributed by atoms with Crippen LogP contribution in [0.25, 0.3) is 0 Å². The van der Waals surface area contributed by atoms with Crippen molar-refractivity contribution in [3.05, 3.63) is 0 Å². The van der Waals surface area contributed by atoms with Crippen LogP contribution in [0.3, 0.4) is 0 Å². The highest BCUT2D eigenvalue weighted by atomic mass is 32.1. The highest BCUT2D eigenvalue weighted by molar-refractivity contribution is 7.81. The van der Waals surface area contributed by atoms with E-state index in [4.69, 9.17) is 0 Å². The second kappa shape index (κ2) is 14.2. The summed E-state index contributed by atoms with van der Waals surface area (Å²) < 4.78 is 0. The minimum Gasteiger partial charge on any atom is -0.396 e. The average molecular weight is 337 g/mol. The number of rotatable bonds is 15. The van der Waals surface area contributed by atoms with Crippen molar-refractivity contribution in [3.8, 4) is 0 Å². The Kier molecular flexibility index (Phi) is 14.6. The number of hydrogen-bond acceptors (Lipinski definition) is 4. The highest BCUT2D eigenvalue weighted by Gasteiger charge is 2.34. The second-order valence-corrected chi connectivity index (χ2v) is 7.26. The summed E-state index contributed by atoms with van der Waals surface area (Å²) in [7, 11) is 0. The number of unbranched alkanes of at least 4 members (excludes halogenated alkanes) is 9. The summed E-state index contributed by atoms with van der Waals surface area (Å²) in [5.74, 6) is 0.478. The minimum atomic E-state index is -0.536. The van der Waals surface area contributed by atoms with E-state index in [0.29, 0.717) is 5.75 Å². The van der Waals surface area contributed by atoms with Crippen molar-refractivity contribution < 1.29 is 10.2 Å². The maximum atomic E-state index is 9.45. The van der Waals surface area contributed by atoms with Crippen molar-refractivity contribution in [2.45, 2.75) is 82.8 Å². The van der Waals surface area contributed by atoms with Crippen LogP contribution in [0.15, 0.2) is 0 Å². The lowest BCUT2D eigenvalue weighted by molar-refractivity contribution is 0.0704. The first kappa shape index (κ1) is 21.6. The van der Waals surface area contributed by atoms with Crippen LogP contribution >= 0.6 is 25.3 Å². The molecule has 0 aliphatic heterocycles. The molecule has 1 unspecified atom stereocenters. The molecule has 0 aliphatic rings. The summed E-state index contributed by atoms with van der Waals surface area (Å²) in [6.45, 7) is 2.17. The SMILES string of the molecule is CCCCCCCCCCCCC(S)C(CO)(CO)CS. The molecule has 0 radical (unpaired) electrons. The van der Waals surface area contributed by atoms with Gasteiger partial charge in [0.2, 0.25) is 0 Å². The molecule has 128 valence electrons. The number of thiol groups is 2. The minimum absolute atomic E-state index is 0.0269. The van der Waals surface area contributed by atoms with Gasteiger partial charge < -0.3 is 10.2 Å². The molecule has 0 aromatic rings. The van der Waals surface area contributed by atoms with Crippen LogP contribution in [0.1, 0.15) is 77.6 Å². The first-order chi connectivity index (χ1) is 10.2. The predicted molar refractivity (Wildman–Crippen MR) is 99.7 cm³/mol. The van der Waals surface area contributed by atoms with Gasteiger partial charge in [-0.1, -0.05) is 71.1 Å². The lowest BCUT2D eigenvalue weighted by atomic mass is 9.85. The first-order valence-corrected chi connectivity index (χ1v) is 9.82. The van der Waals surface area contributed by atoms with Gasteiger partial charge >= 0.3 is 0 Å². The Morgan fingerprint density at radius 3 is 1.62 bits per heavy atom. The third-order valence-electron chi connectivity index (χ3n) is 4.48. The molecule has 0 fully saturated rings. The topological polar surface area (TPSA) is 40.5 Å². The van der Waals surface area contributed by atoms with E-state index < -0.39 is 5.41 Å². The van der Waals surface area contributed by atoms with Crippen molar-refractivity contribution in [3.63, 3.8) is 0 Å². The quantitative estimate of drug-likeness (QED) is 0.263. The molecule has 0 spiro atoms. The molecule has 2 N–H and O–H groups in total. The van der Waals surface area contributed by atoms with Gasteiger partial charge in [-0.3, -0.25) is 0 Å². The number of hydrogen-bond donors (Lipinski definition) is 4. The summed E-state index contributed by atoms with van der Waals surface area (Å²) in [4.78, 5) is 0. The summed E-state index contributed by atoms with van der Waals surface area (Å²) in [5.41, 5.74) is -0.536. The van der Waals surface area contributed by atoms with Gasteiger partial charge in [0.15, 0.2) is 0 Å². The molecule has 0 aromatic carbocycles. The fourth-order valence-corrected chi connectivity index (χ4v) is 3.60. The van der Waals surface area contributed by atoms with Crippen LogP contribution in [0, 0.1) is 5.41 Å². The highest BCUT2D eigenvalue weighted by Crippen LogP contribution is 2.30. The van der Waals surface area contributed by atoms with Gasteiger partial charge in [0.1, 0.15) is 0 Å². The lowest BCUT2D eigenvalue weighted by Crippen LogP contribution is -2.41. The molecule has 2 nitrogen and oxygen atoms in total. The molecule has 1 atom stereocenters. The van der Waals surface area contributed by atoms with E-state index in [-0.39, 0.29) is 18.5 Å². The van der Waals surface area contributed by atoms with Gasteiger partial charge in [-0.05, 0) is 6.42 Å². The maximum absolute atomic E-state index is 9.45. The monoisotopic (exact) mass is 336 g/mol. The van der Waals surface area contributed by atoms with E-state index >= 15 is 0 Å². The van der Waals surface area contributed by atoms with Gasteiger partial charge in [0, 0.05) is 16.4 Å². The van der Waals surface area contributed by atoms with Crippen molar-refractivity contribution in [2.75, 3.05) is 19.0 Å². The zero-order chi connectivity index (χ0) is 16.0. The van der Waals surface area contributed by atoms with Crippen LogP contribution in [0.4, 0.5) is 0 Å². The largest absolute Gasteiger partial charge is 0.396 e. The van der Waals surface area contributed by atoms with Gasteiger partial charge in [-0.15, -0.1) is 0 Å². The fraction of sp³-hybridized carbons (Fsp3) is 1.00. The van der Waals surface area contributed by atoms with E-state index in [2.05, 4.69) is 32.2 Å². The normalized spacial score (nSPS) is 13.6. The summed E-state index contributed by atoms with van der Waals surface area (Å²) in [5, 5.41) is 18.9. The summed E-state index contributed by atoms with van der Waals surface area (Å²) in [6.07, 6.45) is 14.2. The first-order valence-electron chi connectivity index (χ1n) is 8.67. The molecule has 0 aromatic heterocycles. The van der Waals surface area contributed by atoms with Gasteiger partial charge in [-0.2, -0.15) is 25.3 Å². The van der Waals surface area contributed by atoms with E-state index in [9.17, 15) is 10.2 Å². The van der Waals surface area contributed by atoms with E-state index in [1.54, 1.807) is 0 Å². The Labute approximate surface area is 142 Å². The van der Waals surface area contributed by atoms with Crippen LogP contribution in [-0.4, -0.2) is 34.4 Å². The summed E-state index contributed by atoms with van der Waals surface area (Å²) in [6, 6.07) is 0. The van der Waals surface area contributed by atoms with Gasteiger partial charge in [0.05, 0.1) is 13.2 Å². The third-order valence-corrected chi connectivity index (χ3v) is 5.92. The molecule has 0 aliphatic carbocycles. The Morgan fingerprint density at radius 2 is 1.24 bits per heavy atom. The van der Waals surface area contributed by atoms with E-state index in [0.717, 1.165) is 12.8 Å². The van der Waals surface area contributed by atoms with Crippen molar-refractivity contribution in [1.82, 2.24) is 0 Å². The molecular formula is C17H36O2S2. The molecule has 21 heavy (non-hydrogen) atoms. The van der Waals surface area contributed by atoms with Crippen molar-refractivity contribution in [1.29, 1.82) is 0 Å². The Balaban J connectivity index is 3.53. The van der Waals surface area contributed by atoms with Crippen molar-refractivity contribution in [2.24, 2.45) is 5.41 Å².